The molecule has 2 aliphatic heterocycles. The number of hydrogen-bond donors (Lipinski definition) is 1. The van der Waals surface area contributed by atoms with Gasteiger partial charge in [0.2, 0.25) is 0 Å². The van der Waals surface area contributed by atoms with Crippen LogP contribution in [0, 0.1) is 0 Å². The summed E-state index contributed by atoms with van der Waals surface area (Å²) in [6.07, 6.45) is 6.08. The molecule has 0 aromatic carbocycles. The quantitative estimate of drug-likeness (QED) is 0.939. The van der Waals surface area contributed by atoms with Crippen molar-refractivity contribution in [3.8, 4) is 0 Å². The van der Waals surface area contributed by atoms with Crippen molar-refractivity contribution in [2.75, 3.05) is 26.3 Å². The maximum Gasteiger partial charge on any atom is 0.153 e. The van der Waals surface area contributed by atoms with Crippen LogP contribution in [0.3, 0.4) is 0 Å². The zero-order chi connectivity index (χ0) is 15.5. The molecule has 124 valence electrons. The van der Waals surface area contributed by atoms with E-state index in [2.05, 4.69) is 15.1 Å². The van der Waals surface area contributed by atoms with E-state index in [1.54, 1.807) is 6.26 Å². The molecule has 2 fully saturated rings. The Hall–Kier alpha value is -1.66. The van der Waals surface area contributed by atoms with E-state index in [9.17, 15) is 0 Å². The zero-order valence-electron chi connectivity index (χ0n) is 13.4. The van der Waals surface area contributed by atoms with Crippen molar-refractivity contribution in [1.29, 1.82) is 0 Å². The average molecular weight is 316 g/mol. The van der Waals surface area contributed by atoms with E-state index in [1.165, 1.54) is 0 Å². The lowest BCUT2D eigenvalue weighted by Gasteiger charge is -2.29. The van der Waals surface area contributed by atoms with Crippen LogP contribution in [0.25, 0.3) is 0 Å². The van der Waals surface area contributed by atoms with E-state index in [0.717, 1.165) is 75.9 Å². The molecule has 2 aromatic rings. The molecular formula is C17H24N4O2. The molecule has 0 radical (unpaired) electrons. The predicted molar refractivity (Wildman–Crippen MR) is 85.1 cm³/mol. The van der Waals surface area contributed by atoms with Gasteiger partial charge in [0.15, 0.2) is 5.82 Å². The predicted octanol–water partition coefficient (Wildman–Crippen LogP) is 2.67. The van der Waals surface area contributed by atoms with Gasteiger partial charge in [0.05, 0.1) is 12.8 Å². The minimum Gasteiger partial charge on any atom is -0.468 e. The molecule has 6 heteroatoms. The van der Waals surface area contributed by atoms with Gasteiger partial charge < -0.3 is 9.15 Å². The first-order valence-electron chi connectivity index (χ1n) is 8.63. The molecule has 0 aliphatic carbocycles. The van der Waals surface area contributed by atoms with Crippen molar-refractivity contribution in [2.24, 2.45) is 0 Å². The van der Waals surface area contributed by atoms with Crippen molar-refractivity contribution >= 4 is 0 Å². The van der Waals surface area contributed by atoms with E-state index in [0.29, 0.717) is 11.8 Å². The van der Waals surface area contributed by atoms with E-state index < -0.39 is 0 Å². The molecule has 0 unspecified atom stereocenters. The number of furan rings is 1. The maximum atomic E-state index is 5.44. The molecule has 0 bridgehead atoms. The van der Waals surface area contributed by atoms with Crippen LogP contribution in [0.5, 0.6) is 0 Å². The summed E-state index contributed by atoms with van der Waals surface area (Å²) < 4.78 is 10.9. The highest BCUT2D eigenvalue weighted by molar-refractivity contribution is 5.05. The van der Waals surface area contributed by atoms with Gasteiger partial charge >= 0.3 is 0 Å². The Morgan fingerprint density at radius 1 is 1.13 bits per heavy atom. The molecule has 0 atom stereocenters. The molecule has 2 aromatic heterocycles. The average Bonchev–Trinajstić information content (AvgIpc) is 3.28. The van der Waals surface area contributed by atoms with Crippen LogP contribution in [-0.2, 0) is 11.3 Å². The summed E-state index contributed by atoms with van der Waals surface area (Å²) in [6.45, 7) is 4.73. The topological polar surface area (TPSA) is 67.2 Å². The van der Waals surface area contributed by atoms with Gasteiger partial charge in [-0.1, -0.05) is 0 Å². The summed E-state index contributed by atoms with van der Waals surface area (Å²) >= 11 is 0. The van der Waals surface area contributed by atoms with Crippen LogP contribution in [0.15, 0.2) is 22.8 Å². The molecule has 23 heavy (non-hydrogen) atoms. The lowest BCUT2D eigenvalue weighted by Crippen LogP contribution is -2.32. The lowest BCUT2D eigenvalue weighted by molar-refractivity contribution is 0.0836. The number of ether oxygens (including phenoxy) is 1. The minimum absolute atomic E-state index is 0.479. The molecule has 1 N–H and O–H groups in total. The number of piperidine rings is 1. The maximum absolute atomic E-state index is 5.44. The summed E-state index contributed by atoms with van der Waals surface area (Å²) in [5, 5.41) is 7.68. The number of rotatable bonds is 4. The van der Waals surface area contributed by atoms with Gasteiger partial charge in [0.1, 0.15) is 11.6 Å². The monoisotopic (exact) mass is 316 g/mol. The Bertz CT molecular complexity index is 596. The Labute approximate surface area is 136 Å². The fourth-order valence-corrected chi connectivity index (χ4v) is 3.60. The number of hydrogen-bond acceptors (Lipinski definition) is 5. The summed E-state index contributed by atoms with van der Waals surface area (Å²) in [6, 6.07) is 4.00. The van der Waals surface area contributed by atoms with Gasteiger partial charge in [-0.25, -0.2) is 4.98 Å². The standard InChI is InChI=1S/C17H24N4O2/c1-2-15(23-9-1)12-21-7-3-13(4-8-21)16-18-17(20-19-16)14-5-10-22-11-6-14/h1-2,9,13-14H,3-8,10-12H2,(H,18,19,20). The van der Waals surface area contributed by atoms with E-state index in [1.807, 2.05) is 12.1 Å². The SMILES string of the molecule is c1coc(CN2CCC(c3n[nH]c(C4CCOCC4)n3)CC2)c1. The number of nitrogens with one attached hydrogen (secondary N) is 1. The Kier molecular flexibility index (Phi) is 4.43. The first kappa shape index (κ1) is 14.9. The summed E-state index contributed by atoms with van der Waals surface area (Å²) in [4.78, 5) is 7.24. The van der Waals surface area contributed by atoms with Gasteiger partial charge in [-0.3, -0.25) is 10.00 Å². The minimum atomic E-state index is 0.479. The van der Waals surface area contributed by atoms with Crippen LogP contribution >= 0.6 is 0 Å². The highest BCUT2D eigenvalue weighted by Crippen LogP contribution is 2.29. The van der Waals surface area contributed by atoms with Crippen molar-refractivity contribution in [2.45, 2.75) is 44.1 Å². The van der Waals surface area contributed by atoms with Crippen LogP contribution in [0.4, 0.5) is 0 Å². The normalized spacial score (nSPS) is 21.7. The molecule has 4 rings (SSSR count). The molecule has 2 saturated heterocycles. The third kappa shape index (κ3) is 3.48. The van der Waals surface area contributed by atoms with Gasteiger partial charge in [-0.05, 0) is 50.9 Å². The van der Waals surface area contributed by atoms with Crippen molar-refractivity contribution in [3.05, 3.63) is 35.8 Å². The molecular weight excluding hydrogens is 292 g/mol. The summed E-state index contributed by atoms with van der Waals surface area (Å²) in [7, 11) is 0. The molecule has 0 saturated carbocycles. The Morgan fingerprint density at radius 2 is 1.96 bits per heavy atom. The fraction of sp³-hybridized carbons (Fsp3) is 0.647. The molecule has 4 heterocycles. The fourth-order valence-electron chi connectivity index (χ4n) is 3.60. The third-order valence-electron chi connectivity index (χ3n) is 5.04. The lowest BCUT2D eigenvalue weighted by atomic mass is 9.95. The van der Waals surface area contributed by atoms with Crippen LogP contribution in [0.1, 0.15) is 54.9 Å². The Balaban J connectivity index is 1.32. The van der Waals surface area contributed by atoms with Crippen molar-refractivity contribution < 1.29 is 9.15 Å². The summed E-state index contributed by atoms with van der Waals surface area (Å²) in [5.74, 6) is 4.07. The first-order valence-corrected chi connectivity index (χ1v) is 8.63. The van der Waals surface area contributed by atoms with Gasteiger partial charge in [0.25, 0.3) is 0 Å². The number of nitrogens with zero attached hydrogens (tertiary/aromatic N) is 3. The van der Waals surface area contributed by atoms with Gasteiger partial charge in [-0.15, -0.1) is 0 Å². The highest BCUT2D eigenvalue weighted by atomic mass is 16.5. The van der Waals surface area contributed by atoms with E-state index in [-0.39, 0.29) is 0 Å². The Morgan fingerprint density at radius 3 is 2.70 bits per heavy atom. The molecule has 6 nitrogen and oxygen atoms in total. The van der Waals surface area contributed by atoms with Gasteiger partial charge in [0, 0.05) is 25.0 Å². The van der Waals surface area contributed by atoms with Crippen LogP contribution < -0.4 is 0 Å². The molecule has 0 spiro atoms. The molecule has 2 aliphatic rings. The smallest absolute Gasteiger partial charge is 0.153 e. The van der Waals surface area contributed by atoms with Gasteiger partial charge in [-0.2, -0.15) is 5.10 Å². The van der Waals surface area contributed by atoms with E-state index >= 15 is 0 Å². The number of aromatic nitrogens is 3. The largest absolute Gasteiger partial charge is 0.468 e. The van der Waals surface area contributed by atoms with Crippen LogP contribution in [0.2, 0.25) is 0 Å². The molecule has 0 amide bonds. The number of likely N-dealkylation sites (tertiary alicyclic amines) is 1. The van der Waals surface area contributed by atoms with Crippen molar-refractivity contribution in [3.63, 3.8) is 0 Å². The number of aromatic amines is 1. The third-order valence-corrected chi connectivity index (χ3v) is 5.04. The second-order valence-electron chi connectivity index (χ2n) is 6.60. The zero-order valence-corrected chi connectivity index (χ0v) is 13.4. The van der Waals surface area contributed by atoms with E-state index in [4.69, 9.17) is 14.1 Å². The summed E-state index contributed by atoms with van der Waals surface area (Å²) in [5.41, 5.74) is 0. The highest BCUT2D eigenvalue weighted by Gasteiger charge is 2.26. The van der Waals surface area contributed by atoms with Crippen molar-refractivity contribution in [1.82, 2.24) is 20.1 Å². The van der Waals surface area contributed by atoms with Crippen LogP contribution in [-0.4, -0.2) is 46.4 Å². The second kappa shape index (κ2) is 6.84. The number of H-pyrrole nitrogens is 1. The second-order valence-corrected chi connectivity index (χ2v) is 6.60. The first-order chi connectivity index (χ1) is 11.4.